The molecule has 0 aliphatic carbocycles. The summed E-state index contributed by atoms with van der Waals surface area (Å²) in [5.74, 6) is 0.553. The number of hydrogen-bond donors (Lipinski definition) is 1. The molecule has 0 bridgehead atoms. The third-order valence-electron chi connectivity index (χ3n) is 4.53. The number of halogens is 2. The Labute approximate surface area is 193 Å². The smallest absolute Gasteiger partial charge is 0.244 e. The number of aryl methyl sites for hydroxylation is 1. The number of rotatable bonds is 10. The highest BCUT2D eigenvalue weighted by atomic mass is 35.5. The normalized spacial score (nSPS) is 12.2. The second-order valence-electron chi connectivity index (χ2n) is 6.85. The lowest BCUT2D eigenvalue weighted by Crippen LogP contribution is -2.50. The number of ether oxygens (including phenoxy) is 2. The molecule has 0 spiro atoms. The van der Waals surface area contributed by atoms with E-state index in [1.165, 1.54) is 13.2 Å². The molecule has 0 aliphatic rings. The van der Waals surface area contributed by atoms with Crippen LogP contribution in [0.25, 0.3) is 0 Å². The predicted octanol–water partition coefficient (Wildman–Crippen LogP) is 4.05. The molecule has 0 unspecified atom stereocenters. The molecule has 0 saturated carbocycles. The van der Waals surface area contributed by atoms with E-state index in [9.17, 15) is 13.2 Å². The van der Waals surface area contributed by atoms with Crippen LogP contribution in [0.2, 0.25) is 10.0 Å². The molecule has 2 aromatic carbocycles. The van der Waals surface area contributed by atoms with Gasteiger partial charge in [0.15, 0.2) is 0 Å². The number of amides is 1. The van der Waals surface area contributed by atoms with Gasteiger partial charge < -0.3 is 14.8 Å². The fourth-order valence-electron chi connectivity index (χ4n) is 2.98. The Morgan fingerprint density at radius 1 is 1.16 bits per heavy atom. The molecule has 7 nitrogen and oxygen atoms in total. The van der Waals surface area contributed by atoms with Crippen molar-refractivity contribution in [3.05, 3.63) is 52.0 Å². The summed E-state index contributed by atoms with van der Waals surface area (Å²) in [5.41, 5.74) is 1.22. The van der Waals surface area contributed by atoms with E-state index in [-0.39, 0.29) is 30.3 Å². The summed E-state index contributed by atoms with van der Waals surface area (Å²) in [6, 6.07) is 8.94. The van der Waals surface area contributed by atoms with E-state index in [1.807, 2.05) is 13.0 Å². The molecule has 0 aliphatic heterocycles. The predicted molar refractivity (Wildman–Crippen MR) is 124 cm³/mol. The van der Waals surface area contributed by atoms with Gasteiger partial charge in [-0.25, -0.2) is 8.42 Å². The van der Waals surface area contributed by atoms with Crippen molar-refractivity contribution >= 4 is 44.8 Å². The van der Waals surface area contributed by atoms with Gasteiger partial charge >= 0.3 is 0 Å². The molecule has 1 N–H and O–H groups in total. The van der Waals surface area contributed by atoms with Crippen molar-refractivity contribution in [1.82, 2.24) is 5.32 Å². The van der Waals surface area contributed by atoms with Crippen LogP contribution in [0.1, 0.15) is 18.9 Å². The van der Waals surface area contributed by atoms with Gasteiger partial charge in [0.25, 0.3) is 0 Å². The zero-order valence-corrected chi connectivity index (χ0v) is 20.1. The van der Waals surface area contributed by atoms with Gasteiger partial charge in [-0.15, -0.1) is 0 Å². The molecule has 170 valence electrons. The Morgan fingerprint density at radius 3 is 2.42 bits per heavy atom. The van der Waals surface area contributed by atoms with Crippen LogP contribution in [0, 0.1) is 6.92 Å². The van der Waals surface area contributed by atoms with Crippen molar-refractivity contribution in [2.75, 3.05) is 30.8 Å². The number of nitrogens with zero attached hydrogens (tertiary/aromatic N) is 1. The first-order valence-electron chi connectivity index (χ1n) is 9.58. The van der Waals surface area contributed by atoms with Gasteiger partial charge in [0, 0.05) is 5.02 Å². The lowest BCUT2D eigenvalue weighted by molar-refractivity contribution is -0.122. The topological polar surface area (TPSA) is 84.9 Å². The maximum atomic E-state index is 12.8. The number of carbonyl (C=O) groups excluding carboxylic acids is 1. The molecule has 0 aromatic heterocycles. The quantitative estimate of drug-likeness (QED) is 0.509. The third-order valence-corrected chi connectivity index (χ3v) is 6.42. The summed E-state index contributed by atoms with van der Waals surface area (Å²) in [6.45, 7) is 4.02. The van der Waals surface area contributed by atoms with Gasteiger partial charge in [-0.3, -0.25) is 9.10 Å². The fraction of sp³-hybridized carbons (Fsp3) is 0.381. The molecule has 2 rings (SSSR count). The molecule has 1 amide bonds. The van der Waals surface area contributed by atoms with E-state index in [0.717, 1.165) is 16.1 Å². The molecule has 0 saturated heterocycles. The van der Waals surface area contributed by atoms with Crippen molar-refractivity contribution < 1.29 is 22.7 Å². The molecular formula is C21H26Cl2N2O5S. The number of sulfonamides is 1. The molecule has 31 heavy (non-hydrogen) atoms. The minimum Gasteiger partial charge on any atom is -0.495 e. The van der Waals surface area contributed by atoms with E-state index >= 15 is 0 Å². The Kier molecular flexibility index (Phi) is 8.85. The zero-order chi connectivity index (χ0) is 23.2. The maximum absolute atomic E-state index is 12.8. The monoisotopic (exact) mass is 488 g/mol. The largest absolute Gasteiger partial charge is 0.495 e. The van der Waals surface area contributed by atoms with Crippen molar-refractivity contribution in [2.24, 2.45) is 0 Å². The first-order valence-corrected chi connectivity index (χ1v) is 12.2. The standard InChI is InChI=1S/C21H26Cl2N2O5S/c1-5-19(21(26)24-10-11-30-16-8-6-14(2)17(22)13-16)25(31(4,27)28)15-7-9-20(29-3)18(23)12-15/h6-9,12-13,19H,5,10-11H2,1-4H3,(H,24,26)/t19-/m1/s1. The number of carbonyl (C=O) groups is 1. The van der Waals surface area contributed by atoms with E-state index in [4.69, 9.17) is 32.7 Å². The van der Waals surface area contributed by atoms with Gasteiger partial charge in [-0.05, 0) is 49.2 Å². The average Bonchev–Trinajstić information content (AvgIpc) is 2.70. The number of benzene rings is 2. The Morgan fingerprint density at radius 2 is 1.87 bits per heavy atom. The third kappa shape index (κ3) is 6.66. The summed E-state index contributed by atoms with van der Waals surface area (Å²) in [6.07, 6.45) is 1.31. The van der Waals surface area contributed by atoms with Gasteiger partial charge in [0.05, 0.1) is 30.6 Å². The second kappa shape index (κ2) is 10.9. The van der Waals surface area contributed by atoms with Gasteiger partial charge in [0.1, 0.15) is 24.1 Å². The van der Waals surface area contributed by atoms with Gasteiger partial charge in [0.2, 0.25) is 15.9 Å². The summed E-state index contributed by atoms with van der Waals surface area (Å²) in [5, 5.41) is 3.57. The minimum absolute atomic E-state index is 0.196. The first kappa shape index (κ1) is 25.1. The SMILES string of the molecule is CC[C@H](C(=O)NCCOc1ccc(C)c(Cl)c1)N(c1ccc(OC)c(Cl)c1)S(C)(=O)=O. The van der Waals surface area contributed by atoms with Crippen molar-refractivity contribution in [3.8, 4) is 11.5 Å². The highest BCUT2D eigenvalue weighted by Crippen LogP contribution is 2.31. The highest BCUT2D eigenvalue weighted by Gasteiger charge is 2.31. The van der Waals surface area contributed by atoms with Crippen LogP contribution in [0.5, 0.6) is 11.5 Å². The molecule has 10 heteroatoms. The van der Waals surface area contributed by atoms with E-state index < -0.39 is 22.0 Å². The molecular weight excluding hydrogens is 463 g/mol. The van der Waals surface area contributed by atoms with Gasteiger partial charge in [-0.1, -0.05) is 36.2 Å². The van der Waals surface area contributed by atoms with Crippen LogP contribution in [-0.4, -0.2) is 46.9 Å². The first-order chi connectivity index (χ1) is 14.6. The molecule has 0 heterocycles. The Bertz CT molecular complexity index is 1030. The Hall–Kier alpha value is -2.16. The van der Waals surface area contributed by atoms with Gasteiger partial charge in [-0.2, -0.15) is 0 Å². The summed E-state index contributed by atoms with van der Waals surface area (Å²) in [7, 11) is -2.30. The van der Waals surface area contributed by atoms with Crippen LogP contribution < -0.4 is 19.1 Å². The van der Waals surface area contributed by atoms with E-state index in [2.05, 4.69) is 5.32 Å². The number of methoxy groups -OCH3 is 1. The lowest BCUT2D eigenvalue weighted by atomic mass is 10.2. The summed E-state index contributed by atoms with van der Waals surface area (Å²) >= 11 is 12.2. The average molecular weight is 489 g/mol. The van der Waals surface area contributed by atoms with Crippen molar-refractivity contribution in [2.45, 2.75) is 26.3 Å². The van der Waals surface area contributed by atoms with Crippen molar-refractivity contribution in [1.29, 1.82) is 0 Å². The summed E-state index contributed by atoms with van der Waals surface area (Å²) in [4.78, 5) is 12.8. The van der Waals surface area contributed by atoms with Crippen LogP contribution in [0.4, 0.5) is 5.69 Å². The zero-order valence-electron chi connectivity index (χ0n) is 17.8. The number of anilines is 1. The number of hydrogen-bond acceptors (Lipinski definition) is 5. The molecule has 2 aromatic rings. The molecule has 0 radical (unpaired) electrons. The number of nitrogens with one attached hydrogen (secondary N) is 1. The van der Waals surface area contributed by atoms with Crippen LogP contribution >= 0.6 is 23.2 Å². The maximum Gasteiger partial charge on any atom is 0.244 e. The lowest BCUT2D eigenvalue weighted by Gasteiger charge is -2.30. The van der Waals surface area contributed by atoms with Crippen LogP contribution in [0.15, 0.2) is 36.4 Å². The van der Waals surface area contributed by atoms with E-state index in [0.29, 0.717) is 16.5 Å². The minimum atomic E-state index is -3.77. The second-order valence-corrected chi connectivity index (χ2v) is 9.53. The van der Waals surface area contributed by atoms with Crippen molar-refractivity contribution in [3.63, 3.8) is 0 Å². The summed E-state index contributed by atoms with van der Waals surface area (Å²) < 4.78 is 36.8. The van der Waals surface area contributed by atoms with E-state index in [1.54, 1.807) is 31.2 Å². The fourth-order valence-corrected chi connectivity index (χ4v) is 4.60. The highest BCUT2D eigenvalue weighted by molar-refractivity contribution is 7.92. The molecule has 1 atom stereocenters. The Balaban J connectivity index is 2.09. The molecule has 0 fully saturated rings. The van der Waals surface area contributed by atoms with Crippen LogP contribution in [0.3, 0.4) is 0 Å². The van der Waals surface area contributed by atoms with Crippen LogP contribution in [-0.2, 0) is 14.8 Å².